The van der Waals surface area contributed by atoms with Gasteiger partial charge in [-0.25, -0.2) is 0 Å². The number of rotatable bonds is 7. The average Bonchev–Trinajstić information content (AvgIpc) is 2.62. The van der Waals surface area contributed by atoms with Crippen LogP contribution in [0.15, 0.2) is 97.7 Å². The van der Waals surface area contributed by atoms with Gasteiger partial charge in [-0.05, 0) is 29.2 Å². The van der Waals surface area contributed by atoms with Gasteiger partial charge in [0.05, 0.1) is 0 Å². The summed E-state index contributed by atoms with van der Waals surface area (Å²) in [4.78, 5) is 0. The lowest BCUT2D eigenvalue weighted by Gasteiger charge is -2.01. The van der Waals surface area contributed by atoms with E-state index in [1.54, 1.807) is 6.08 Å². The van der Waals surface area contributed by atoms with Crippen LogP contribution in [0.1, 0.15) is 48.5 Å². The number of hydrogen-bond donors (Lipinski definition) is 0. The third kappa shape index (κ3) is 19.9. The molecule has 0 saturated carbocycles. The van der Waals surface area contributed by atoms with Crippen LogP contribution in [0, 0.1) is 0 Å². The van der Waals surface area contributed by atoms with Crippen molar-refractivity contribution in [3.05, 3.63) is 97.7 Å². The Bertz CT molecular complexity index is 423. The zero-order chi connectivity index (χ0) is 19.3. The first-order chi connectivity index (χ1) is 11.0. The molecule has 0 N–H and O–H groups in total. The van der Waals surface area contributed by atoms with Crippen molar-refractivity contribution in [1.82, 2.24) is 0 Å². The lowest BCUT2D eigenvalue weighted by molar-refractivity contribution is 1.50. The SMILES string of the molecule is C=C/C=C\C(=C)C(=C)/C=C\C(=C)C(=C)/C=C\C.CC.CC.CC. The molecule has 0 aliphatic rings. The van der Waals surface area contributed by atoms with E-state index in [0.717, 1.165) is 22.3 Å². The molecule has 0 heteroatoms. The normalized spacial score (nSPS) is 9.00. The van der Waals surface area contributed by atoms with Crippen LogP contribution < -0.4 is 0 Å². The van der Waals surface area contributed by atoms with E-state index in [4.69, 9.17) is 0 Å². The summed E-state index contributed by atoms with van der Waals surface area (Å²) in [5.41, 5.74) is 3.46. The van der Waals surface area contributed by atoms with E-state index < -0.39 is 0 Å². The fourth-order valence-electron chi connectivity index (χ4n) is 1.01. The molecule has 0 fully saturated rings. The van der Waals surface area contributed by atoms with Crippen LogP contribution in [0.25, 0.3) is 0 Å². The maximum Gasteiger partial charge on any atom is -0.0262 e. The molecule has 0 aromatic rings. The molecule has 0 atom stereocenters. The van der Waals surface area contributed by atoms with E-state index in [9.17, 15) is 0 Å². The van der Waals surface area contributed by atoms with Gasteiger partial charge in [0.1, 0.15) is 0 Å². The minimum Gasteiger partial charge on any atom is -0.0991 e. The van der Waals surface area contributed by atoms with Crippen molar-refractivity contribution in [3.63, 3.8) is 0 Å². The summed E-state index contributed by atoms with van der Waals surface area (Å²) in [6.07, 6.45) is 13.0. The van der Waals surface area contributed by atoms with E-state index in [2.05, 4.69) is 32.9 Å². The van der Waals surface area contributed by atoms with Crippen LogP contribution in [-0.2, 0) is 0 Å². The molecule has 0 aromatic heterocycles. The average molecular weight is 315 g/mol. The molecule has 0 bridgehead atoms. The second-order valence-electron chi connectivity index (χ2n) is 3.53. The fourth-order valence-corrected chi connectivity index (χ4v) is 1.01. The second kappa shape index (κ2) is 24.9. The highest BCUT2D eigenvalue weighted by atomic mass is 14.0. The predicted octanol–water partition coefficient (Wildman–Crippen LogP) is 8.16. The van der Waals surface area contributed by atoms with Crippen LogP contribution in [0.5, 0.6) is 0 Å². The molecule has 0 unspecified atom stereocenters. The Morgan fingerprint density at radius 2 is 0.870 bits per heavy atom. The van der Waals surface area contributed by atoms with Crippen LogP contribution in [-0.4, -0.2) is 0 Å². The molecule has 0 heterocycles. The first-order valence-electron chi connectivity index (χ1n) is 8.39. The molecule has 0 radical (unpaired) electrons. The smallest absolute Gasteiger partial charge is 0.0262 e. The van der Waals surface area contributed by atoms with Crippen LogP contribution in [0.4, 0.5) is 0 Å². The van der Waals surface area contributed by atoms with Gasteiger partial charge in [-0.3, -0.25) is 0 Å². The Morgan fingerprint density at radius 3 is 1.17 bits per heavy atom. The lowest BCUT2D eigenvalue weighted by atomic mass is 10.0. The second-order valence-corrected chi connectivity index (χ2v) is 3.53. The van der Waals surface area contributed by atoms with Crippen molar-refractivity contribution in [3.8, 4) is 0 Å². The van der Waals surface area contributed by atoms with E-state index in [0.29, 0.717) is 0 Å². The molecule has 0 aliphatic carbocycles. The molecule has 0 aliphatic heterocycles. The molecule has 0 saturated heterocycles. The molecule has 0 aromatic carbocycles. The van der Waals surface area contributed by atoms with Gasteiger partial charge < -0.3 is 0 Å². The molecule has 130 valence electrons. The summed E-state index contributed by atoms with van der Waals surface area (Å²) < 4.78 is 0. The molecular formula is C23H38. The maximum absolute atomic E-state index is 3.92. The quantitative estimate of drug-likeness (QED) is 0.416. The van der Waals surface area contributed by atoms with Gasteiger partial charge in [-0.2, -0.15) is 0 Å². The molecular weight excluding hydrogens is 276 g/mol. The zero-order valence-electron chi connectivity index (χ0n) is 16.6. The number of allylic oxidation sites excluding steroid dienone is 11. The highest BCUT2D eigenvalue weighted by Gasteiger charge is 1.93. The minimum absolute atomic E-state index is 0.845. The summed E-state index contributed by atoms with van der Waals surface area (Å²) in [5.74, 6) is 0. The lowest BCUT2D eigenvalue weighted by Crippen LogP contribution is -1.81. The molecule has 0 rings (SSSR count). The topological polar surface area (TPSA) is 0 Å². The largest absolute Gasteiger partial charge is 0.0991 e. The third-order valence-electron chi connectivity index (χ3n) is 2.11. The van der Waals surface area contributed by atoms with Gasteiger partial charge in [-0.15, -0.1) is 0 Å². The van der Waals surface area contributed by atoms with Crippen molar-refractivity contribution < 1.29 is 0 Å². The number of hydrogen-bond acceptors (Lipinski definition) is 0. The zero-order valence-corrected chi connectivity index (χ0v) is 16.6. The fraction of sp³-hybridized carbons (Fsp3) is 0.304. The van der Waals surface area contributed by atoms with E-state index in [1.807, 2.05) is 84.9 Å². The van der Waals surface area contributed by atoms with Crippen molar-refractivity contribution in [2.24, 2.45) is 0 Å². The minimum atomic E-state index is 0.845. The molecule has 0 spiro atoms. The van der Waals surface area contributed by atoms with Gasteiger partial charge >= 0.3 is 0 Å². The first kappa shape index (κ1) is 29.0. The molecule has 0 nitrogen and oxygen atoms in total. The van der Waals surface area contributed by atoms with Crippen molar-refractivity contribution in [1.29, 1.82) is 0 Å². The van der Waals surface area contributed by atoms with Gasteiger partial charge in [0.25, 0.3) is 0 Å². The van der Waals surface area contributed by atoms with Crippen molar-refractivity contribution in [2.45, 2.75) is 48.5 Å². The Hall–Kier alpha value is -2.08. The van der Waals surface area contributed by atoms with E-state index in [-0.39, 0.29) is 0 Å². The highest BCUT2D eigenvalue weighted by Crippen LogP contribution is 2.13. The standard InChI is InChI=1S/C17H20.3C2H6/c1-7-9-11-15(4)17(6)13-12-16(5)14(3)10-8-2;3*1-2/h7-13H,1,3-6H2,2H3;3*1-2H3/b10-8-,11-9-,13-12-;;;. The van der Waals surface area contributed by atoms with Crippen molar-refractivity contribution in [2.75, 3.05) is 0 Å². The summed E-state index contributed by atoms with van der Waals surface area (Å²) in [6.45, 7) is 33.2. The summed E-state index contributed by atoms with van der Waals surface area (Å²) in [7, 11) is 0. The van der Waals surface area contributed by atoms with E-state index >= 15 is 0 Å². The maximum atomic E-state index is 3.92. The Morgan fingerprint density at radius 1 is 0.565 bits per heavy atom. The summed E-state index contributed by atoms with van der Waals surface area (Å²) in [5, 5.41) is 0. The molecule has 0 amide bonds. The first-order valence-corrected chi connectivity index (χ1v) is 8.39. The Kier molecular flexibility index (Phi) is 31.4. The van der Waals surface area contributed by atoms with Gasteiger partial charge in [-0.1, -0.05) is 117 Å². The third-order valence-corrected chi connectivity index (χ3v) is 2.11. The van der Waals surface area contributed by atoms with E-state index in [1.165, 1.54) is 0 Å². The van der Waals surface area contributed by atoms with Crippen LogP contribution in [0.2, 0.25) is 0 Å². The van der Waals surface area contributed by atoms with Gasteiger partial charge in [0.15, 0.2) is 0 Å². The monoisotopic (exact) mass is 314 g/mol. The Labute approximate surface area is 146 Å². The van der Waals surface area contributed by atoms with Gasteiger partial charge in [0.2, 0.25) is 0 Å². The van der Waals surface area contributed by atoms with Crippen molar-refractivity contribution >= 4 is 0 Å². The summed E-state index contributed by atoms with van der Waals surface area (Å²) >= 11 is 0. The van der Waals surface area contributed by atoms with Gasteiger partial charge in [0, 0.05) is 0 Å². The highest BCUT2D eigenvalue weighted by molar-refractivity contribution is 5.49. The molecule has 23 heavy (non-hydrogen) atoms. The predicted molar refractivity (Wildman–Crippen MR) is 114 cm³/mol. The van der Waals surface area contributed by atoms with Crippen LogP contribution >= 0.6 is 0 Å². The van der Waals surface area contributed by atoms with Crippen LogP contribution in [0.3, 0.4) is 0 Å². The Balaban J connectivity index is -0.000000267. The summed E-state index contributed by atoms with van der Waals surface area (Å²) in [6, 6.07) is 0.